The van der Waals surface area contributed by atoms with Crippen LogP contribution in [0.2, 0.25) is 19.3 Å². The van der Waals surface area contributed by atoms with Crippen molar-refractivity contribution in [2.75, 3.05) is 0 Å². The summed E-state index contributed by atoms with van der Waals surface area (Å²) in [6.45, 7) is 20.3. The number of aryl methyl sites for hydroxylation is 2. The molecule has 2 aromatic rings. The molecule has 4 aliphatic rings. The van der Waals surface area contributed by atoms with Gasteiger partial charge in [0.1, 0.15) is 0 Å². The Kier molecular flexibility index (Phi) is 12.6. The molecule has 0 aromatic heterocycles. The zero-order valence-corrected chi connectivity index (χ0v) is 39.4. The maximum atomic E-state index is 6.97. The van der Waals surface area contributed by atoms with Crippen molar-refractivity contribution in [3.63, 3.8) is 0 Å². The largest absolute Gasteiger partial charge is 0.147 e. The second kappa shape index (κ2) is 15.3. The minimum atomic E-state index is -3.99. The molecule has 6 heteroatoms. The Morgan fingerprint density at radius 3 is 1.12 bits per heavy atom. The summed E-state index contributed by atoms with van der Waals surface area (Å²) in [5.41, 5.74) is 15.6. The summed E-state index contributed by atoms with van der Waals surface area (Å²) in [4.78, 5) is 0. The van der Waals surface area contributed by atoms with Crippen molar-refractivity contribution in [3.8, 4) is 44.5 Å². The Morgan fingerprint density at radius 2 is 0.827 bits per heavy atom. The van der Waals surface area contributed by atoms with E-state index in [0.717, 1.165) is 22.9 Å². The van der Waals surface area contributed by atoms with Gasteiger partial charge in [-0.2, -0.15) is 0 Å². The summed E-state index contributed by atoms with van der Waals surface area (Å²) in [7, 11) is 0. The second-order valence-corrected chi connectivity index (χ2v) is 46.3. The molecule has 0 radical (unpaired) electrons. The standard InChI is InChI=1S/2C22H22Cl.2CH3.2ClH.H2Si.Zr/c2*1-5-15-12-16-8-6-7-9-18(19(16)13-15)17-10-11-20(21(23)14-17)22(2,3)4;;;;;;/h2*6-11,13-14H,5H2,1-4H3;2*1H3;2*1H;1H2;. The third-order valence-corrected chi connectivity index (χ3v) is 26.4. The van der Waals surface area contributed by atoms with Crippen LogP contribution in [0.15, 0.2) is 97.1 Å². The van der Waals surface area contributed by atoms with Gasteiger partial charge in [-0.25, -0.2) is 0 Å². The molecule has 0 saturated carbocycles. The first-order valence-corrected chi connectivity index (χ1v) is 32.2. The molecular formula is C46H54Cl4SiZr. The fraction of sp³-hybridized carbons (Fsp3) is 0.304. The number of fused-ring (bicyclic) bond motifs is 2. The van der Waals surface area contributed by atoms with E-state index in [1.807, 2.05) is 0 Å². The summed E-state index contributed by atoms with van der Waals surface area (Å²) in [6, 6.07) is 36.5. The first kappa shape index (κ1) is 42.8. The van der Waals surface area contributed by atoms with E-state index in [0.29, 0.717) is 0 Å². The Labute approximate surface area is 338 Å². The fourth-order valence-electron chi connectivity index (χ4n) is 8.50. The molecule has 0 saturated heterocycles. The van der Waals surface area contributed by atoms with Crippen molar-refractivity contribution >= 4 is 61.4 Å². The fourth-order valence-corrected chi connectivity index (χ4v) is 26.6. The van der Waals surface area contributed by atoms with Crippen LogP contribution in [0.4, 0.5) is 0 Å². The maximum Gasteiger partial charge on any atom is -0.147 e. The average molecular weight is 868 g/mol. The monoisotopic (exact) mass is 864 g/mol. The molecule has 0 nitrogen and oxygen atoms in total. The molecule has 6 rings (SSSR count). The van der Waals surface area contributed by atoms with Crippen molar-refractivity contribution in [2.45, 2.75) is 88.3 Å². The minimum absolute atomic E-state index is 0. The Balaban J connectivity index is 0.00000302. The van der Waals surface area contributed by atoms with Gasteiger partial charge in [0.25, 0.3) is 0 Å². The summed E-state index contributed by atoms with van der Waals surface area (Å²) < 4.78 is 8.57. The molecule has 0 N–H and O–H groups in total. The smallest absolute Gasteiger partial charge is 0.147 e. The first-order valence-electron chi connectivity index (χ1n) is 18.1. The van der Waals surface area contributed by atoms with Crippen molar-refractivity contribution in [3.05, 3.63) is 129 Å². The van der Waals surface area contributed by atoms with Gasteiger partial charge in [0, 0.05) is 0 Å². The number of benzene rings is 2. The Morgan fingerprint density at radius 1 is 0.500 bits per heavy atom. The molecular weight excluding hydrogens is 814 g/mol. The van der Waals surface area contributed by atoms with E-state index in [1.165, 1.54) is 66.8 Å². The Hall–Kier alpha value is -1.90. The van der Waals surface area contributed by atoms with Gasteiger partial charge in [-0.1, -0.05) is 0 Å². The summed E-state index contributed by atoms with van der Waals surface area (Å²) >= 11 is 9.95. The van der Waals surface area contributed by atoms with Gasteiger partial charge in [-0.05, 0) is 0 Å². The molecule has 0 bridgehead atoms. The SMILES string of the molecule is CCc1cc2c(-c3ccc(C(C)(C)C)c(Cl)c3)ccccc-2[c]1[Zr]([CH3])([CH3])(=[SiH2])[c]1c(CC)cc2c(-c3ccc(C(C)(C)C)c(Cl)c3)ccccc1-2.Cl.Cl. The number of halogens is 4. The molecule has 2 aromatic carbocycles. The summed E-state index contributed by atoms with van der Waals surface area (Å²) in [5, 5.41) is 1.66. The molecule has 274 valence electrons. The zero-order chi connectivity index (χ0) is 36.4. The van der Waals surface area contributed by atoms with Gasteiger partial charge in [0.05, 0.1) is 0 Å². The van der Waals surface area contributed by atoms with E-state index < -0.39 is 17.4 Å². The second-order valence-electron chi connectivity index (χ2n) is 17.3. The molecule has 0 heterocycles. The number of rotatable bonds is 6. The van der Waals surface area contributed by atoms with Crippen molar-refractivity contribution < 1.29 is 17.4 Å². The number of hydrogen-bond acceptors (Lipinski definition) is 0. The summed E-state index contributed by atoms with van der Waals surface area (Å²) in [6.07, 6.45) is 2.00. The van der Waals surface area contributed by atoms with E-state index in [4.69, 9.17) is 23.2 Å². The molecule has 0 spiro atoms. The van der Waals surface area contributed by atoms with Crippen LogP contribution in [-0.2, 0) is 41.1 Å². The van der Waals surface area contributed by atoms with Gasteiger partial charge < -0.3 is 0 Å². The zero-order valence-electron chi connectivity index (χ0n) is 32.4. The predicted octanol–water partition coefficient (Wildman–Crippen LogP) is 13.4. The molecule has 0 amide bonds. The van der Waals surface area contributed by atoms with Crippen LogP contribution in [-0.4, -0.2) is 6.88 Å². The van der Waals surface area contributed by atoms with E-state index in [2.05, 4.69) is 169 Å². The summed E-state index contributed by atoms with van der Waals surface area (Å²) in [5.74, 6) is 0. The van der Waals surface area contributed by atoms with Crippen LogP contribution < -0.4 is 6.54 Å². The van der Waals surface area contributed by atoms with Gasteiger partial charge in [0.2, 0.25) is 0 Å². The average Bonchev–Trinajstić information content (AvgIpc) is 3.44. The molecule has 0 atom stereocenters. The van der Waals surface area contributed by atoms with Crippen LogP contribution in [0.25, 0.3) is 44.5 Å². The topological polar surface area (TPSA) is 0 Å². The number of hydrogen-bond donors (Lipinski definition) is 0. The van der Waals surface area contributed by atoms with Crippen molar-refractivity contribution in [1.29, 1.82) is 0 Å². The third-order valence-electron chi connectivity index (χ3n) is 10.8. The predicted molar refractivity (Wildman–Crippen MR) is 237 cm³/mol. The van der Waals surface area contributed by atoms with Crippen LogP contribution >= 0.6 is 48.0 Å². The molecule has 52 heavy (non-hydrogen) atoms. The van der Waals surface area contributed by atoms with Crippen LogP contribution in [0.3, 0.4) is 0 Å². The van der Waals surface area contributed by atoms with E-state index in [1.54, 1.807) is 6.54 Å². The maximum absolute atomic E-state index is 6.97. The molecule has 4 aliphatic carbocycles. The van der Waals surface area contributed by atoms with Crippen molar-refractivity contribution in [1.82, 2.24) is 0 Å². The van der Waals surface area contributed by atoms with E-state index >= 15 is 0 Å². The molecule has 0 aliphatic heterocycles. The van der Waals surface area contributed by atoms with Gasteiger partial charge in [-0.3, -0.25) is 0 Å². The van der Waals surface area contributed by atoms with Crippen molar-refractivity contribution in [2.24, 2.45) is 0 Å². The molecule has 0 unspecified atom stereocenters. The van der Waals surface area contributed by atoms with Crippen LogP contribution in [0.5, 0.6) is 0 Å². The third kappa shape index (κ3) is 7.65. The quantitative estimate of drug-likeness (QED) is 0.146. The molecule has 0 fully saturated rings. The van der Waals surface area contributed by atoms with E-state index in [-0.39, 0.29) is 35.6 Å². The van der Waals surface area contributed by atoms with Crippen LogP contribution in [0, 0.1) is 0 Å². The van der Waals surface area contributed by atoms with Gasteiger partial charge in [-0.15, -0.1) is 24.8 Å². The van der Waals surface area contributed by atoms with Gasteiger partial charge in [0.15, 0.2) is 0 Å². The van der Waals surface area contributed by atoms with Crippen LogP contribution in [0.1, 0.15) is 77.6 Å². The first-order chi connectivity index (χ1) is 23.4. The van der Waals surface area contributed by atoms with E-state index in [9.17, 15) is 0 Å². The Bertz CT molecular complexity index is 2110. The van der Waals surface area contributed by atoms with Gasteiger partial charge >= 0.3 is 316 Å². The minimum Gasteiger partial charge on any atom is -0.147 e. The normalized spacial score (nSPS) is 12.5.